The molecule has 1 aromatic rings. The van der Waals surface area contributed by atoms with Gasteiger partial charge in [-0.25, -0.2) is 0 Å². The van der Waals surface area contributed by atoms with Crippen LogP contribution in [0, 0.1) is 0 Å². The third-order valence-electron chi connectivity index (χ3n) is 3.87. The first-order valence-corrected chi connectivity index (χ1v) is 7.68. The van der Waals surface area contributed by atoms with Crippen LogP contribution in [0.5, 0.6) is 0 Å². The van der Waals surface area contributed by atoms with E-state index in [9.17, 15) is 5.11 Å². The van der Waals surface area contributed by atoms with Crippen molar-refractivity contribution in [3.05, 3.63) is 29.8 Å². The molecule has 0 bridgehead atoms. The normalized spacial score (nSPS) is 14.2. The number of anilines is 1. The van der Waals surface area contributed by atoms with Gasteiger partial charge >= 0.3 is 0 Å². The van der Waals surface area contributed by atoms with Gasteiger partial charge in [-0.15, -0.1) is 0 Å². The number of hydrogen-bond donors (Lipinski definition) is 1. The summed E-state index contributed by atoms with van der Waals surface area (Å²) in [5.74, 6) is 0. The highest BCUT2D eigenvalue weighted by atomic mass is 16.3. The minimum Gasteiger partial charge on any atom is -0.388 e. The molecule has 19 heavy (non-hydrogen) atoms. The van der Waals surface area contributed by atoms with Gasteiger partial charge in [-0.1, -0.05) is 39.3 Å². The quantitative estimate of drug-likeness (QED) is 0.744. The van der Waals surface area contributed by atoms with Gasteiger partial charge in [-0.2, -0.15) is 0 Å². The lowest BCUT2D eigenvalue weighted by molar-refractivity contribution is 0.173. The number of benzene rings is 1. The number of aliphatic hydroxyl groups excluding tert-OH is 1. The van der Waals surface area contributed by atoms with E-state index in [1.165, 1.54) is 18.5 Å². The second-order valence-electron chi connectivity index (χ2n) is 5.32. The maximum Gasteiger partial charge on any atom is 0.0787 e. The van der Waals surface area contributed by atoms with Crippen molar-refractivity contribution < 1.29 is 5.11 Å². The van der Waals surface area contributed by atoms with Gasteiger partial charge in [-0.05, 0) is 43.9 Å². The molecule has 1 aromatic carbocycles. The zero-order valence-electron chi connectivity index (χ0n) is 12.9. The fraction of sp³-hybridized carbons (Fsp3) is 0.647. The lowest BCUT2D eigenvalue weighted by Gasteiger charge is -2.31. The molecule has 2 atom stereocenters. The summed E-state index contributed by atoms with van der Waals surface area (Å²) >= 11 is 0. The first-order chi connectivity index (χ1) is 9.13. The second-order valence-corrected chi connectivity index (χ2v) is 5.32. The van der Waals surface area contributed by atoms with Crippen LogP contribution in [0.25, 0.3) is 0 Å². The van der Waals surface area contributed by atoms with Crippen LogP contribution in [-0.4, -0.2) is 17.7 Å². The predicted molar refractivity (Wildman–Crippen MR) is 83.7 cm³/mol. The molecule has 0 aliphatic heterocycles. The minimum absolute atomic E-state index is 0.332. The molecule has 0 amide bonds. The molecule has 2 heteroatoms. The van der Waals surface area contributed by atoms with Gasteiger partial charge in [0.25, 0.3) is 0 Å². The molecule has 0 aliphatic carbocycles. The maximum atomic E-state index is 9.84. The molecule has 0 heterocycles. The van der Waals surface area contributed by atoms with E-state index in [1.54, 1.807) is 0 Å². The van der Waals surface area contributed by atoms with Crippen LogP contribution in [0.4, 0.5) is 5.69 Å². The van der Waals surface area contributed by atoms with Gasteiger partial charge in [0.2, 0.25) is 0 Å². The predicted octanol–water partition coefficient (Wildman–Crippen LogP) is 4.54. The highest BCUT2D eigenvalue weighted by Crippen LogP contribution is 2.23. The summed E-state index contributed by atoms with van der Waals surface area (Å²) in [4.78, 5) is 2.48. The molecule has 0 saturated heterocycles. The first-order valence-electron chi connectivity index (χ1n) is 7.68. The van der Waals surface area contributed by atoms with E-state index in [0.29, 0.717) is 6.04 Å². The molecule has 0 fully saturated rings. The third-order valence-corrected chi connectivity index (χ3v) is 3.87. The minimum atomic E-state index is -0.332. The SMILES string of the molecule is CCCCN(c1ccc([C@@H](O)CC)cc1)C(C)CC. The van der Waals surface area contributed by atoms with E-state index in [2.05, 4.69) is 49.9 Å². The summed E-state index contributed by atoms with van der Waals surface area (Å²) in [6.07, 6.45) is 4.04. The second kappa shape index (κ2) is 8.21. The number of rotatable bonds is 8. The monoisotopic (exact) mass is 263 g/mol. The number of hydrogen-bond acceptors (Lipinski definition) is 2. The van der Waals surface area contributed by atoms with Gasteiger partial charge in [0.05, 0.1) is 6.10 Å². The fourth-order valence-electron chi connectivity index (χ4n) is 2.28. The molecule has 0 radical (unpaired) electrons. The maximum absolute atomic E-state index is 9.84. The number of unbranched alkanes of at least 4 members (excludes halogenated alkanes) is 1. The van der Waals surface area contributed by atoms with Gasteiger partial charge in [-0.3, -0.25) is 0 Å². The van der Waals surface area contributed by atoms with Crippen molar-refractivity contribution in [1.29, 1.82) is 0 Å². The zero-order chi connectivity index (χ0) is 14.3. The summed E-state index contributed by atoms with van der Waals surface area (Å²) in [5, 5.41) is 9.84. The fourth-order valence-corrected chi connectivity index (χ4v) is 2.28. The molecule has 0 saturated carbocycles. The summed E-state index contributed by atoms with van der Waals surface area (Å²) in [7, 11) is 0. The van der Waals surface area contributed by atoms with Crippen molar-refractivity contribution in [1.82, 2.24) is 0 Å². The van der Waals surface area contributed by atoms with Crippen molar-refractivity contribution >= 4 is 5.69 Å². The van der Waals surface area contributed by atoms with Crippen LogP contribution < -0.4 is 4.90 Å². The van der Waals surface area contributed by atoms with E-state index >= 15 is 0 Å². The van der Waals surface area contributed by atoms with Crippen molar-refractivity contribution in [2.75, 3.05) is 11.4 Å². The molecule has 0 aromatic heterocycles. The topological polar surface area (TPSA) is 23.5 Å². The van der Waals surface area contributed by atoms with E-state index in [-0.39, 0.29) is 6.10 Å². The molecular formula is C17H29NO. The Bertz CT molecular complexity index is 347. The van der Waals surface area contributed by atoms with Gasteiger partial charge in [0.15, 0.2) is 0 Å². The average molecular weight is 263 g/mol. The zero-order valence-corrected chi connectivity index (χ0v) is 12.9. The summed E-state index contributed by atoms with van der Waals surface area (Å²) < 4.78 is 0. The van der Waals surface area contributed by atoms with Crippen LogP contribution in [-0.2, 0) is 0 Å². The number of aliphatic hydroxyl groups is 1. The molecule has 0 spiro atoms. The summed E-state index contributed by atoms with van der Waals surface area (Å²) in [5.41, 5.74) is 2.29. The lowest BCUT2D eigenvalue weighted by Crippen LogP contribution is -2.33. The Morgan fingerprint density at radius 1 is 1.05 bits per heavy atom. The van der Waals surface area contributed by atoms with Crippen LogP contribution >= 0.6 is 0 Å². The van der Waals surface area contributed by atoms with Crippen molar-refractivity contribution in [3.63, 3.8) is 0 Å². The van der Waals surface area contributed by atoms with Crippen molar-refractivity contribution in [2.24, 2.45) is 0 Å². The van der Waals surface area contributed by atoms with Crippen LogP contribution in [0.2, 0.25) is 0 Å². The summed E-state index contributed by atoms with van der Waals surface area (Å²) in [6.45, 7) is 9.87. The smallest absolute Gasteiger partial charge is 0.0787 e. The molecule has 108 valence electrons. The number of nitrogens with zero attached hydrogens (tertiary/aromatic N) is 1. The first kappa shape index (κ1) is 16.0. The lowest BCUT2D eigenvalue weighted by atomic mass is 10.1. The van der Waals surface area contributed by atoms with E-state index in [4.69, 9.17) is 0 Å². The molecule has 0 aliphatic rings. The largest absolute Gasteiger partial charge is 0.388 e. The Morgan fingerprint density at radius 2 is 1.68 bits per heavy atom. The van der Waals surface area contributed by atoms with Crippen molar-refractivity contribution in [3.8, 4) is 0 Å². The van der Waals surface area contributed by atoms with E-state index in [1.807, 2.05) is 6.92 Å². The highest BCUT2D eigenvalue weighted by molar-refractivity contribution is 5.48. The van der Waals surface area contributed by atoms with E-state index < -0.39 is 0 Å². The molecule has 1 unspecified atom stereocenters. The summed E-state index contributed by atoms with van der Waals surface area (Å²) in [6, 6.07) is 8.98. The standard InChI is InChI=1S/C17H29NO/c1-5-8-13-18(14(4)6-2)16-11-9-15(10-12-16)17(19)7-3/h9-12,14,17,19H,5-8,13H2,1-4H3/t14?,17-/m0/s1. The van der Waals surface area contributed by atoms with Crippen LogP contribution in [0.15, 0.2) is 24.3 Å². The average Bonchev–Trinajstić information content (AvgIpc) is 2.47. The molecule has 1 N–H and O–H groups in total. The Kier molecular flexibility index (Phi) is 6.93. The Labute approximate surface area is 118 Å². The highest BCUT2D eigenvalue weighted by Gasteiger charge is 2.13. The van der Waals surface area contributed by atoms with E-state index in [0.717, 1.165) is 24.9 Å². The van der Waals surface area contributed by atoms with Gasteiger partial charge < -0.3 is 10.0 Å². The van der Waals surface area contributed by atoms with Gasteiger partial charge in [0, 0.05) is 18.3 Å². The third kappa shape index (κ3) is 4.54. The van der Waals surface area contributed by atoms with Crippen LogP contribution in [0.3, 0.4) is 0 Å². The van der Waals surface area contributed by atoms with Crippen LogP contribution in [0.1, 0.15) is 65.0 Å². The van der Waals surface area contributed by atoms with Crippen molar-refractivity contribution in [2.45, 2.75) is 65.5 Å². The molecule has 1 rings (SSSR count). The Hall–Kier alpha value is -1.02. The Balaban J connectivity index is 2.84. The Morgan fingerprint density at radius 3 is 2.16 bits per heavy atom. The molecule has 2 nitrogen and oxygen atoms in total. The van der Waals surface area contributed by atoms with Gasteiger partial charge in [0.1, 0.15) is 0 Å². The molecular weight excluding hydrogens is 234 g/mol.